The second kappa shape index (κ2) is 6.87. The molecule has 0 spiro atoms. The van der Waals surface area contributed by atoms with E-state index in [0.717, 1.165) is 54.9 Å². The van der Waals surface area contributed by atoms with Gasteiger partial charge in [-0.2, -0.15) is 0 Å². The van der Waals surface area contributed by atoms with Gasteiger partial charge in [0.1, 0.15) is 5.82 Å². The molecule has 5 heteroatoms. The molecule has 1 aliphatic carbocycles. The van der Waals surface area contributed by atoms with E-state index in [1.807, 2.05) is 41.6 Å². The number of benzene rings is 1. The minimum Gasteiger partial charge on any atom is -0.361 e. The zero-order chi connectivity index (χ0) is 18.2. The number of H-pyrrole nitrogens is 1. The Kier molecular flexibility index (Phi) is 4.23. The van der Waals surface area contributed by atoms with Crippen molar-refractivity contribution in [3.8, 4) is 0 Å². The summed E-state index contributed by atoms with van der Waals surface area (Å²) < 4.78 is 2.34. The van der Waals surface area contributed by atoms with Crippen molar-refractivity contribution in [2.75, 3.05) is 13.1 Å². The molecule has 140 valence electrons. The van der Waals surface area contributed by atoms with E-state index in [2.05, 4.69) is 20.7 Å². The average Bonchev–Trinajstić information content (AvgIpc) is 3.32. The number of likely N-dealkylation sites (tertiary alicyclic amines) is 1. The third-order valence-corrected chi connectivity index (χ3v) is 6.30. The second-order valence-corrected chi connectivity index (χ2v) is 8.10. The van der Waals surface area contributed by atoms with E-state index in [1.54, 1.807) is 0 Å². The van der Waals surface area contributed by atoms with E-state index in [9.17, 15) is 4.79 Å². The Hall–Kier alpha value is -2.56. The SMILES string of the molecule is O=C(c1ccc2cc[nH]c2c1)N1CCCC(c2nccn2CC2CCC2)C1. The van der Waals surface area contributed by atoms with Gasteiger partial charge >= 0.3 is 0 Å². The minimum absolute atomic E-state index is 0.133. The molecule has 27 heavy (non-hydrogen) atoms. The van der Waals surface area contributed by atoms with Crippen molar-refractivity contribution in [3.63, 3.8) is 0 Å². The van der Waals surface area contributed by atoms with Crippen LogP contribution in [0.25, 0.3) is 10.9 Å². The summed E-state index contributed by atoms with van der Waals surface area (Å²) >= 11 is 0. The third kappa shape index (κ3) is 3.15. The van der Waals surface area contributed by atoms with Crippen molar-refractivity contribution in [3.05, 3.63) is 54.2 Å². The van der Waals surface area contributed by atoms with Gasteiger partial charge in [0, 0.05) is 55.2 Å². The van der Waals surface area contributed by atoms with Gasteiger partial charge in [-0.1, -0.05) is 12.5 Å². The topological polar surface area (TPSA) is 53.9 Å². The number of aromatic nitrogens is 3. The Morgan fingerprint density at radius 3 is 2.96 bits per heavy atom. The van der Waals surface area contributed by atoms with Crippen LogP contribution in [0.3, 0.4) is 0 Å². The molecule has 3 aromatic rings. The van der Waals surface area contributed by atoms with Crippen LogP contribution in [-0.4, -0.2) is 38.4 Å². The van der Waals surface area contributed by atoms with Gasteiger partial charge in [0.05, 0.1) is 0 Å². The monoisotopic (exact) mass is 362 g/mol. The zero-order valence-electron chi connectivity index (χ0n) is 15.6. The predicted octanol–water partition coefficient (Wildman–Crippen LogP) is 4.18. The minimum atomic E-state index is 0.133. The summed E-state index contributed by atoms with van der Waals surface area (Å²) in [5.74, 6) is 2.45. The fraction of sp³-hybridized carbons (Fsp3) is 0.455. The van der Waals surface area contributed by atoms with E-state index in [4.69, 9.17) is 0 Å². The van der Waals surface area contributed by atoms with Gasteiger partial charge in [-0.3, -0.25) is 4.79 Å². The number of nitrogens with zero attached hydrogens (tertiary/aromatic N) is 3. The normalized spacial score (nSPS) is 20.7. The van der Waals surface area contributed by atoms with Gasteiger partial charge in [0.15, 0.2) is 0 Å². The lowest BCUT2D eigenvalue weighted by Crippen LogP contribution is -2.40. The van der Waals surface area contributed by atoms with Crippen LogP contribution in [-0.2, 0) is 6.54 Å². The van der Waals surface area contributed by atoms with Crippen LogP contribution in [0.1, 0.15) is 54.2 Å². The lowest BCUT2D eigenvalue weighted by atomic mass is 9.85. The molecule has 0 bridgehead atoms. The van der Waals surface area contributed by atoms with Crippen LogP contribution in [0, 0.1) is 5.92 Å². The molecule has 1 saturated heterocycles. The largest absolute Gasteiger partial charge is 0.361 e. The smallest absolute Gasteiger partial charge is 0.253 e. The summed E-state index contributed by atoms with van der Waals surface area (Å²) in [4.78, 5) is 23.0. The van der Waals surface area contributed by atoms with Gasteiger partial charge in [-0.15, -0.1) is 0 Å². The number of amides is 1. The van der Waals surface area contributed by atoms with Gasteiger partial charge in [0.25, 0.3) is 5.91 Å². The van der Waals surface area contributed by atoms with Crippen molar-refractivity contribution in [1.29, 1.82) is 0 Å². The lowest BCUT2D eigenvalue weighted by Gasteiger charge is -2.33. The number of carbonyl (C=O) groups is 1. The maximum Gasteiger partial charge on any atom is 0.253 e. The van der Waals surface area contributed by atoms with E-state index in [0.29, 0.717) is 5.92 Å². The number of imidazole rings is 1. The van der Waals surface area contributed by atoms with Gasteiger partial charge in [-0.25, -0.2) is 4.98 Å². The van der Waals surface area contributed by atoms with E-state index >= 15 is 0 Å². The first-order chi connectivity index (χ1) is 13.3. The molecule has 1 aromatic carbocycles. The van der Waals surface area contributed by atoms with Crippen molar-refractivity contribution in [2.45, 2.75) is 44.6 Å². The average molecular weight is 362 g/mol. The second-order valence-electron chi connectivity index (χ2n) is 8.10. The van der Waals surface area contributed by atoms with Crippen LogP contribution in [0.2, 0.25) is 0 Å². The van der Waals surface area contributed by atoms with E-state index < -0.39 is 0 Å². The molecule has 2 aromatic heterocycles. The molecular weight excluding hydrogens is 336 g/mol. The summed E-state index contributed by atoms with van der Waals surface area (Å²) in [6.07, 6.45) is 12.2. The lowest BCUT2D eigenvalue weighted by molar-refractivity contribution is 0.0702. The van der Waals surface area contributed by atoms with E-state index in [-0.39, 0.29) is 5.91 Å². The Labute approximate surface area is 159 Å². The molecule has 1 atom stereocenters. The fourth-order valence-electron chi connectivity index (χ4n) is 4.52. The molecule has 5 nitrogen and oxygen atoms in total. The summed E-state index contributed by atoms with van der Waals surface area (Å²) in [6.45, 7) is 2.69. The summed E-state index contributed by atoms with van der Waals surface area (Å²) in [5, 5.41) is 1.14. The molecule has 1 amide bonds. The van der Waals surface area contributed by atoms with Crippen LogP contribution in [0.5, 0.6) is 0 Å². The van der Waals surface area contributed by atoms with Gasteiger partial charge in [0.2, 0.25) is 0 Å². The van der Waals surface area contributed by atoms with Crippen LogP contribution < -0.4 is 0 Å². The molecule has 1 aliphatic heterocycles. The third-order valence-electron chi connectivity index (χ3n) is 6.30. The summed E-state index contributed by atoms with van der Waals surface area (Å²) in [7, 11) is 0. The molecule has 1 saturated carbocycles. The highest BCUT2D eigenvalue weighted by molar-refractivity contribution is 5.98. The molecule has 2 aliphatic rings. The highest BCUT2D eigenvalue weighted by Crippen LogP contribution is 2.31. The molecule has 3 heterocycles. The number of nitrogens with one attached hydrogen (secondary N) is 1. The maximum absolute atomic E-state index is 13.1. The molecule has 1 N–H and O–H groups in total. The Bertz CT molecular complexity index is 952. The number of hydrogen-bond acceptors (Lipinski definition) is 2. The van der Waals surface area contributed by atoms with Gasteiger partial charge in [-0.05, 0) is 55.2 Å². The first-order valence-corrected chi connectivity index (χ1v) is 10.2. The van der Waals surface area contributed by atoms with Crippen molar-refractivity contribution in [2.24, 2.45) is 5.92 Å². The Balaban J connectivity index is 1.33. The van der Waals surface area contributed by atoms with Gasteiger partial charge < -0.3 is 14.5 Å². The Morgan fingerprint density at radius 1 is 1.19 bits per heavy atom. The van der Waals surface area contributed by atoms with Crippen molar-refractivity contribution < 1.29 is 4.79 Å². The van der Waals surface area contributed by atoms with Crippen molar-refractivity contribution >= 4 is 16.8 Å². The molecular formula is C22H26N4O. The van der Waals surface area contributed by atoms with Crippen LogP contribution in [0.4, 0.5) is 0 Å². The predicted molar refractivity (Wildman–Crippen MR) is 106 cm³/mol. The number of aromatic amines is 1. The quantitative estimate of drug-likeness (QED) is 0.757. The highest BCUT2D eigenvalue weighted by atomic mass is 16.2. The summed E-state index contributed by atoms with van der Waals surface area (Å²) in [5.41, 5.74) is 1.79. The van der Waals surface area contributed by atoms with Crippen molar-refractivity contribution in [1.82, 2.24) is 19.4 Å². The zero-order valence-corrected chi connectivity index (χ0v) is 15.6. The molecule has 5 rings (SSSR count). The number of rotatable bonds is 4. The summed E-state index contributed by atoms with van der Waals surface area (Å²) in [6, 6.07) is 7.97. The number of carbonyl (C=O) groups excluding carboxylic acids is 1. The number of piperidine rings is 1. The number of hydrogen-bond donors (Lipinski definition) is 1. The Morgan fingerprint density at radius 2 is 2.11 bits per heavy atom. The van der Waals surface area contributed by atoms with Crippen LogP contribution >= 0.6 is 0 Å². The number of fused-ring (bicyclic) bond motifs is 1. The van der Waals surface area contributed by atoms with E-state index in [1.165, 1.54) is 25.1 Å². The van der Waals surface area contributed by atoms with Crippen LogP contribution in [0.15, 0.2) is 42.9 Å². The molecule has 2 fully saturated rings. The maximum atomic E-state index is 13.1. The molecule has 1 unspecified atom stereocenters. The highest BCUT2D eigenvalue weighted by Gasteiger charge is 2.29. The molecule has 0 radical (unpaired) electrons. The first-order valence-electron chi connectivity index (χ1n) is 10.2. The fourth-order valence-corrected chi connectivity index (χ4v) is 4.52. The first kappa shape index (κ1) is 16.6. The standard InChI is InChI=1S/C22H26N4O/c27-22(18-7-6-17-8-9-23-20(17)13-18)26-11-2-5-19(15-26)21-24-10-12-25(21)14-16-3-1-4-16/h6-10,12-13,16,19,23H,1-5,11,14-15H2.